The van der Waals surface area contributed by atoms with Gasteiger partial charge in [0.2, 0.25) is 0 Å². The summed E-state index contributed by atoms with van der Waals surface area (Å²) in [5, 5.41) is 9.07. The highest BCUT2D eigenvalue weighted by Crippen LogP contribution is 2.28. The first-order valence-electron chi connectivity index (χ1n) is 6.75. The third-order valence-electron chi connectivity index (χ3n) is 3.82. The van der Waals surface area contributed by atoms with E-state index in [9.17, 15) is 0 Å². The van der Waals surface area contributed by atoms with Crippen molar-refractivity contribution in [2.75, 3.05) is 40.0 Å². The molecule has 4 heteroatoms. The van der Waals surface area contributed by atoms with E-state index in [1.54, 1.807) is 7.11 Å². The molecule has 0 spiro atoms. The van der Waals surface area contributed by atoms with E-state index in [-0.39, 0.29) is 6.61 Å². The van der Waals surface area contributed by atoms with Crippen LogP contribution in [0, 0.1) is 11.8 Å². The molecule has 0 aromatic rings. The highest BCUT2D eigenvalue weighted by molar-refractivity contribution is 4.83. The molecule has 0 amide bonds. The Hall–Kier alpha value is -0.160. The van der Waals surface area contributed by atoms with Crippen LogP contribution in [0.2, 0.25) is 0 Å². The average Bonchev–Trinajstić information content (AvgIpc) is 2.31. The molecule has 102 valence electrons. The van der Waals surface area contributed by atoms with Crippen LogP contribution in [0.3, 0.4) is 0 Å². The van der Waals surface area contributed by atoms with Crippen molar-refractivity contribution >= 4 is 0 Å². The number of nitrogens with two attached hydrogens (primary N) is 1. The zero-order chi connectivity index (χ0) is 12.7. The maximum atomic E-state index is 9.07. The van der Waals surface area contributed by atoms with Crippen LogP contribution in [-0.4, -0.2) is 56.0 Å². The molecule has 0 bridgehead atoms. The van der Waals surface area contributed by atoms with Crippen LogP contribution in [0.1, 0.15) is 26.2 Å². The number of ether oxygens (including phenoxy) is 1. The largest absolute Gasteiger partial charge is 0.395 e. The minimum absolute atomic E-state index is 0.210. The van der Waals surface area contributed by atoms with Crippen molar-refractivity contribution in [3.63, 3.8) is 0 Å². The zero-order valence-corrected chi connectivity index (χ0v) is 11.3. The van der Waals surface area contributed by atoms with Crippen LogP contribution in [0.4, 0.5) is 0 Å². The maximum Gasteiger partial charge on any atom is 0.0589 e. The van der Waals surface area contributed by atoms with Crippen molar-refractivity contribution < 1.29 is 9.84 Å². The number of methoxy groups -OCH3 is 1. The Morgan fingerprint density at radius 1 is 1.35 bits per heavy atom. The van der Waals surface area contributed by atoms with E-state index in [1.807, 2.05) is 0 Å². The lowest BCUT2D eigenvalue weighted by Gasteiger charge is -2.36. The molecule has 3 atom stereocenters. The Morgan fingerprint density at radius 2 is 2.12 bits per heavy atom. The normalized spacial score (nSPS) is 29.8. The van der Waals surface area contributed by atoms with E-state index in [1.165, 1.54) is 12.8 Å². The van der Waals surface area contributed by atoms with Crippen LogP contribution in [-0.2, 0) is 4.74 Å². The molecule has 3 N–H and O–H groups in total. The van der Waals surface area contributed by atoms with Gasteiger partial charge in [-0.3, -0.25) is 4.90 Å². The Bertz CT molecular complexity index is 202. The second-order valence-electron chi connectivity index (χ2n) is 5.36. The highest BCUT2D eigenvalue weighted by Gasteiger charge is 2.27. The van der Waals surface area contributed by atoms with Crippen LogP contribution < -0.4 is 5.73 Å². The smallest absolute Gasteiger partial charge is 0.0589 e. The van der Waals surface area contributed by atoms with E-state index < -0.39 is 0 Å². The Labute approximate surface area is 105 Å². The SMILES string of the molecule is COCCN(CCO)CC1CC(C)CCC1N. The molecule has 1 fully saturated rings. The standard InChI is InChI=1S/C13H28N2O2/c1-11-3-4-13(14)12(9-11)10-15(5-7-16)6-8-17-2/h11-13,16H,3-10,14H2,1-2H3. The molecule has 4 nitrogen and oxygen atoms in total. The highest BCUT2D eigenvalue weighted by atomic mass is 16.5. The summed E-state index contributed by atoms with van der Waals surface area (Å²) in [5.74, 6) is 1.36. The lowest BCUT2D eigenvalue weighted by molar-refractivity contribution is 0.101. The van der Waals surface area contributed by atoms with Gasteiger partial charge in [0, 0.05) is 32.8 Å². The second kappa shape index (κ2) is 8.03. The van der Waals surface area contributed by atoms with Gasteiger partial charge in [-0.1, -0.05) is 6.92 Å². The molecule has 0 saturated heterocycles. The Balaban J connectivity index is 2.40. The summed E-state index contributed by atoms with van der Waals surface area (Å²) in [7, 11) is 1.71. The quantitative estimate of drug-likeness (QED) is 0.692. The molecule has 17 heavy (non-hydrogen) atoms. The molecule has 3 unspecified atom stereocenters. The summed E-state index contributed by atoms with van der Waals surface area (Å²) in [6.45, 7) is 5.84. The molecular formula is C13H28N2O2. The van der Waals surface area contributed by atoms with Crippen molar-refractivity contribution in [3.8, 4) is 0 Å². The van der Waals surface area contributed by atoms with Crippen molar-refractivity contribution in [2.24, 2.45) is 17.6 Å². The van der Waals surface area contributed by atoms with Gasteiger partial charge in [-0.05, 0) is 31.1 Å². The predicted molar refractivity (Wildman–Crippen MR) is 69.9 cm³/mol. The van der Waals surface area contributed by atoms with Crippen LogP contribution in [0.5, 0.6) is 0 Å². The number of nitrogens with zero attached hydrogens (tertiary/aromatic N) is 1. The Kier molecular flexibility index (Phi) is 7.04. The fourth-order valence-corrected chi connectivity index (χ4v) is 2.72. The van der Waals surface area contributed by atoms with Crippen molar-refractivity contribution in [1.82, 2.24) is 4.90 Å². The van der Waals surface area contributed by atoms with Crippen molar-refractivity contribution in [3.05, 3.63) is 0 Å². The number of aliphatic hydroxyl groups excluding tert-OH is 1. The van der Waals surface area contributed by atoms with Gasteiger partial charge in [-0.15, -0.1) is 0 Å². The first-order valence-corrected chi connectivity index (χ1v) is 6.75. The summed E-state index contributed by atoms with van der Waals surface area (Å²) < 4.78 is 5.10. The summed E-state index contributed by atoms with van der Waals surface area (Å²) in [4.78, 5) is 2.27. The average molecular weight is 244 g/mol. The van der Waals surface area contributed by atoms with Gasteiger partial charge in [-0.25, -0.2) is 0 Å². The van der Waals surface area contributed by atoms with Gasteiger partial charge in [-0.2, -0.15) is 0 Å². The monoisotopic (exact) mass is 244 g/mol. The molecule has 0 aliphatic heterocycles. The fourth-order valence-electron chi connectivity index (χ4n) is 2.72. The van der Waals surface area contributed by atoms with Gasteiger partial charge in [0.05, 0.1) is 13.2 Å². The van der Waals surface area contributed by atoms with Gasteiger partial charge in [0.1, 0.15) is 0 Å². The molecule has 1 aliphatic carbocycles. The Morgan fingerprint density at radius 3 is 2.76 bits per heavy atom. The number of hydrogen-bond donors (Lipinski definition) is 2. The molecule has 0 heterocycles. The number of rotatable bonds is 7. The zero-order valence-electron chi connectivity index (χ0n) is 11.3. The van der Waals surface area contributed by atoms with E-state index >= 15 is 0 Å². The van der Waals surface area contributed by atoms with E-state index in [4.69, 9.17) is 15.6 Å². The third-order valence-corrected chi connectivity index (χ3v) is 3.82. The van der Waals surface area contributed by atoms with Crippen LogP contribution >= 0.6 is 0 Å². The molecule has 1 aliphatic rings. The van der Waals surface area contributed by atoms with Gasteiger partial charge in [0.15, 0.2) is 0 Å². The number of hydrogen-bond acceptors (Lipinski definition) is 4. The van der Waals surface area contributed by atoms with E-state index in [2.05, 4.69) is 11.8 Å². The summed E-state index contributed by atoms with van der Waals surface area (Å²) >= 11 is 0. The van der Waals surface area contributed by atoms with Gasteiger partial charge < -0.3 is 15.6 Å². The van der Waals surface area contributed by atoms with E-state index in [0.717, 1.165) is 38.6 Å². The summed E-state index contributed by atoms with van der Waals surface area (Å²) in [6.07, 6.45) is 3.62. The molecule has 1 saturated carbocycles. The van der Waals surface area contributed by atoms with Crippen molar-refractivity contribution in [2.45, 2.75) is 32.2 Å². The summed E-state index contributed by atoms with van der Waals surface area (Å²) in [5.41, 5.74) is 6.19. The minimum atomic E-state index is 0.210. The first-order chi connectivity index (χ1) is 8.17. The lowest BCUT2D eigenvalue weighted by atomic mass is 9.79. The fraction of sp³-hybridized carbons (Fsp3) is 1.00. The molecule has 0 radical (unpaired) electrons. The van der Waals surface area contributed by atoms with E-state index in [0.29, 0.717) is 12.0 Å². The maximum absolute atomic E-state index is 9.07. The van der Waals surface area contributed by atoms with Crippen molar-refractivity contribution in [1.29, 1.82) is 0 Å². The number of aliphatic hydroxyl groups is 1. The lowest BCUT2D eigenvalue weighted by Crippen LogP contribution is -2.44. The minimum Gasteiger partial charge on any atom is -0.395 e. The first kappa shape index (κ1) is 14.9. The third kappa shape index (κ3) is 5.34. The molecule has 0 aromatic heterocycles. The summed E-state index contributed by atoms with van der Waals surface area (Å²) in [6, 6.07) is 0.329. The van der Waals surface area contributed by atoms with Crippen LogP contribution in [0.15, 0.2) is 0 Å². The van der Waals surface area contributed by atoms with Crippen LogP contribution in [0.25, 0.3) is 0 Å². The predicted octanol–water partition coefficient (Wildman–Crippen LogP) is 0.691. The van der Waals surface area contributed by atoms with Gasteiger partial charge >= 0.3 is 0 Å². The molecule has 0 aromatic carbocycles. The second-order valence-corrected chi connectivity index (χ2v) is 5.36. The van der Waals surface area contributed by atoms with Gasteiger partial charge in [0.25, 0.3) is 0 Å². The topological polar surface area (TPSA) is 58.7 Å². The molecule has 1 rings (SSSR count). The molecular weight excluding hydrogens is 216 g/mol.